The lowest BCUT2D eigenvalue weighted by Crippen LogP contribution is -1.99. The zero-order valence-electron chi connectivity index (χ0n) is 11.3. The van der Waals surface area contributed by atoms with Gasteiger partial charge < -0.3 is 11.1 Å². The lowest BCUT2D eigenvalue weighted by molar-refractivity contribution is 1.34. The lowest BCUT2D eigenvalue weighted by Gasteiger charge is -2.12. The van der Waals surface area contributed by atoms with Gasteiger partial charge in [-0.2, -0.15) is 9.64 Å². The van der Waals surface area contributed by atoms with E-state index in [0.29, 0.717) is 27.7 Å². The maximum atomic E-state index is 9.38. The van der Waals surface area contributed by atoms with Crippen molar-refractivity contribution < 1.29 is 0 Å². The number of nitrogens with one attached hydrogen (secondary N) is 1. The summed E-state index contributed by atoms with van der Waals surface area (Å²) in [5.41, 5.74) is 11.4. The van der Waals surface area contributed by atoms with Crippen LogP contribution in [0.4, 0.5) is 17.1 Å². The molecule has 0 atom stereocenters. The van der Waals surface area contributed by atoms with Gasteiger partial charge in [-0.15, -0.1) is 0 Å². The molecule has 0 saturated carbocycles. The van der Waals surface area contributed by atoms with Crippen LogP contribution in [0.5, 0.6) is 0 Å². The van der Waals surface area contributed by atoms with Gasteiger partial charge in [-0.1, -0.05) is 21.9 Å². The molecule has 4 nitrogen and oxygen atoms in total. The summed E-state index contributed by atoms with van der Waals surface area (Å²) in [6.07, 6.45) is 0. The van der Waals surface area contributed by atoms with E-state index in [-0.39, 0.29) is 0 Å². The zero-order chi connectivity index (χ0) is 15.1. The second-order valence-electron chi connectivity index (χ2n) is 4.75. The Morgan fingerprint density at radius 1 is 1.33 bits per heavy atom. The maximum absolute atomic E-state index is 9.38. The quantitative estimate of drug-likeness (QED) is 0.522. The molecule has 3 rings (SSSR count). The SMILES string of the molecule is Cc1cc(N)c(Nc2c(Cl)c3ssnc-3c2C#N)cc1C. The summed E-state index contributed by atoms with van der Waals surface area (Å²) >= 11 is 6.38. The Bertz CT molecular complexity index is 844. The van der Waals surface area contributed by atoms with E-state index >= 15 is 0 Å². The summed E-state index contributed by atoms with van der Waals surface area (Å²) in [7, 11) is 2.79. The summed E-state index contributed by atoms with van der Waals surface area (Å²) in [5.74, 6) is 0. The number of halogens is 1. The molecule has 1 aromatic carbocycles. The number of hydrogen-bond donors (Lipinski definition) is 2. The van der Waals surface area contributed by atoms with Gasteiger partial charge in [0, 0.05) is 10.5 Å². The molecular formula is C14H11ClN4S2. The Morgan fingerprint density at radius 3 is 2.76 bits per heavy atom. The van der Waals surface area contributed by atoms with Crippen molar-refractivity contribution in [1.29, 1.82) is 5.26 Å². The van der Waals surface area contributed by atoms with Crippen molar-refractivity contribution in [3.05, 3.63) is 33.8 Å². The standard InChI is InChI=1S/C14H11ClN4S2/c1-6-3-9(17)10(4-7(6)2)18-12-8(5-16)13-14(11(12)15)20-21-19-13/h3-4,18H,17H2,1-2H3. The van der Waals surface area contributed by atoms with Crippen LogP contribution in [-0.2, 0) is 0 Å². The first kappa shape index (κ1) is 14.1. The highest BCUT2D eigenvalue weighted by Crippen LogP contribution is 2.48. The number of nitrogens with zero attached hydrogens (tertiary/aromatic N) is 2. The predicted molar refractivity (Wildman–Crippen MR) is 89.9 cm³/mol. The average molecular weight is 335 g/mol. The highest BCUT2D eigenvalue weighted by molar-refractivity contribution is 7.68. The van der Waals surface area contributed by atoms with Crippen molar-refractivity contribution in [2.75, 3.05) is 11.1 Å². The van der Waals surface area contributed by atoms with Gasteiger partial charge in [-0.05, 0) is 37.1 Å². The molecule has 1 aliphatic heterocycles. The van der Waals surface area contributed by atoms with Crippen LogP contribution < -0.4 is 11.1 Å². The molecule has 0 amide bonds. The summed E-state index contributed by atoms with van der Waals surface area (Å²) in [6.45, 7) is 4.02. The van der Waals surface area contributed by atoms with Crippen molar-refractivity contribution in [2.45, 2.75) is 13.8 Å². The van der Waals surface area contributed by atoms with Gasteiger partial charge in [0.15, 0.2) is 0 Å². The van der Waals surface area contributed by atoms with Gasteiger partial charge in [0.2, 0.25) is 0 Å². The van der Waals surface area contributed by atoms with Crippen LogP contribution in [0, 0.1) is 25.2 Å². The van der Waals surface area contributed by atoms with E-state index < -0.39 is 0 Å². The lowest BCUT2D eigenvalue weighted by atomic mass is 10.1. The Kier molecular flexibility index (Phi) is 3.49. The molecule has 0 bridgehead atoms. The summed E-state index contributed by atoms with van der Waals surface area (Å²) < 4.78 is 4.25. The smallest absolute Gasteiger partial charge is 0.116 e. The first-order valence-electron chi connectivity index (χ1n) is 6.13. The Labute approximate surface area is 134 Å². The van der Waals surface area contributed by atoms with E-state index in [0.717, 1.165) is 21.7 Å². The van der Waals surface area contributed by atoms with Crippen LogP contribution in [0.1, 0.15) is 16.7 Å². The van der Waals surface area contributed by atoms with Crippen molar-refractivity contribution in [1.82, 2.24) is 4.37 Å². The largest absolute Gasteiger partial charge is 0.397 e. The monoisotopic (exact) mass is 334 g/mol. The summed E-state index contributed by atoms with van der Waals surface area (Å²) in [6, 6.07) is 6.04. The molecule has 0 radical (unpaired) electrons. The molecule has 0 aromatic heterocycles. The number of rotatable bonds is 2. The molecule has 0 spiro atoms. The van der Waals surface area contributed by atoms with E-state index in [9.17, 15) is 5.26 Å². The van der Waals surface area contributed by atoms with E-state index in [1.165, 1.54) is 20.9 Å². The fraction of sp³-hybridized carbons (Fsp3) is 0.143. The third-order valence-corrected chi connectivity index (χ3v) is 5.74. The zero-order valence-corrected chi connectivity index (χ0v) is 13.7. The molecule has 21 heavy (non-hydrogen) atoms. The van der Waals surface area contributed by atoms with Gasteiger partial charge >= 0.3 is 0 Å². The number of aromatic nitrogens is 1. The fourth-order valence-electron chi connectivity index (χ4n) is 2.12. The molecule has 0 unspecified atom stereocenters. The number of hydrogen-bond acceptors (Lipinski definition) is 6. The van der Waals surface area contributed by atoms with Crippen molar-refractivity contribution in [2.24, 2.45) is 0 Å². The third-order valence-electron chi connectivity index (χ3n) is 3.41. The highest BCUT2D eigenvalue weighted by atomic mass is 35.5. The topological polar surface area (TPSA) is 74.7 Å². The van der Waals surface area contributed by atoms with Gasteiger partial charge in [0.05, 0.1) is 27.0 Å². The molecule has 1 heterocycles. The Morgan fingerprint density at radius 2 is 2.05 bits per heavy atom. The molecule has 1 aliphatic carbocycles. The van der Waals surface area contributed by atoms with Crippen LogP contribution in [0.3, 0.4) is 0 Å². The number of aryl methyl sites for hydroxylation is 2. The van der Waals surface area contributed by atoms with Crippen molar-refractivity contribution in [3.63, 3.8) is 0 Å². The van der Waals surface area contributed by atoms with Crippen LogP contribution in [0.15, 0.2) is 12.1 Å². The van der Waals surface area contributed by atoms with Crippen LogP contribution >= 0.6 is 32.5 Å². The second kappa shape index (κ2) is 5.19. The first-order chi connectivity index (χ1) is 10.0. The van der Waals surface area contributed by atoms with Crippen LogP contribution in [-0.4, -0.2) is 4.37 Å². The normalized spacial score (nSPS) is 10.8. The van der Waals surface area contributed by atoms with Crippen LogP contribution in [0.25, 0.3) is 10.6 Å². The fourth-order valence-corrected chi connectivity index (χ4v) is 4.48. The van der Waals surface area contributed by atoms with Gasteiger partial charge in [0.1, 0.15) is 17.3 Å². The minimum Gasteiger partial charge on any atom is -0.397 e. The molecule has 1 aromatic rings. The number of anilines is 3. The number of fused-ring (bicyclic) bond motifs is 1. The molecule has 0 saturated heterocycles. The second-order valence-corrected chi connectivity index (χ2v) is 6.98. The van der Waals surface area contributed by atoms with Gasteiger partial charge in [0.25, 0.3) is 0 Å². The minimum absolute atomic E-state index is 0.463. The summed E-state index contributed by atoms with van der Waals surface area (Å²) in [4.78, 5) is 0.836. The molecule has 2 aliphatic rings. The molecule has 7 heteroatoms. The summed E-state index contributed by atoms with van der Waals surface area (Å²) in [5, 5.41) is 13.1. The highest BCUT2D eigenvalue weighted by Gasteiger charge is 2.26. The maximum Gasteiger partial charge on any atom is 0.116 e. The number of nitrogens with two attached hydrogens (primary N) is 1. The first-order valence-corrected chi connectivity index (χ1v) is 8.62. The number of benzene rings is 1. The van der Waals surface area contributed by atoms with Crippen LogP contribution in [0.2, 0.25) is 5.02 Å². The van der Waals surface area contributed by atoms with E-state index in [2.05, 4.69) is 15.8 Å². The van der Waals surface area contributed by atoms with E-state index in [1.54, 1.807) is 0 Å². The van der Waals surface area contributed by atoms with Gasteiger partial charge in [-0.3, -0.25) is 0 Å². The number of nitriles is 1. The Balaban J connectivity index is 2.13. The molecule has 106 valence electrons. The van der Waals surface area contributed by atoms with E-state index in [1.807, 2.05) is 26.0 Å². The van der Waals surface area contributed by atoms with Crippen molar-refractivity contribution in [3.8, 4) is 16.6 Å². The van der Waals surface area contributed by atoms with Crippen molar-refractivity contribution >= 4 is 49.5 Å². The predicted octanol–water partition coefficient (Wildman–Crippen LogP) is 4.78. The van der Waals surface area contributed by atoms with Gasteiger partial charge in [-0.25, -0.2) is 0 Å². The number of nitrogen functional groups attached to an aromatic ring is 1. The molecule has 3 N–H and O–H groups in total. The molecular weight excluding hydrogens is 324 g/mol. The third kappa shape index (κ3) is 2.23. The molecule has 0 fully saturated rings. The minimum atomic E-state index is 0.463. The Hall–Kier alpha value is -1.81. The van der Waals surface area contributed by atoms with E-state index in [4.69, 9.17) is 17.3 Å². The average Bonchev–Trinajstić information content (AvgIpc) is 3.00.